The highest BCUT2D eigenvalue weighted by molar-refractivity contribution is 6.38. The van der Waals surface area contributed by atoms with Crippen LogP contribution < -0.4 is 5.73 Å². The summed E-state index contributed by atoms with van der Waals surface area (Å²) in [6, 6.07) is 1.45. The Morgan fingerprint density at radius 2 is 2.07 bits per heavy atom. The van der Waals surface area contributed by atoms with Crippen LogP contribution in [-0.2, 0) is 4.74 Å². The molecule has 2 N–H and O–H groups in total. The number of ether oxygens (including phenoxy) is 1. The van der Waals surface area contributed by atoms with Crippen LogP contribution in [0.2, 0.25) is 10.0 Å². The van der Waals surface area contributed by atoms with E-state index in [9.17, 15) is 4.79 Å². The lowest BCUT2D eigenvalue weighted by Gasteiger charge is -2.09. The molecule has 76 valence electrons. The first-order valence-electron chi connectivity index (χ1n) is 3.81. The number of nitrogen functional groups attached to an aromatic ring is 1. The largest absolute Gasteiger partial charge is 0.465 e. The van der Waals surface area contributed by atoms with Crippen LogP contribution in [0.15, 0.2) is 6.07 Å². The zero-order chi connectivity index (χ0) is 10.9. The molecule has 0 aromatic heterocycles. The molecule has 14 heavy (non-hydrogen) atoms. The van der Waals surface area contributed by atoms with Crippen molar-refractivity contribution in [1.82, 2.24) is 0 Å². The predicted octanol–water partition coefficient (Wildman–Crippen LogP) is 2.67. The molecule has 0 atom stereocenters. The summed E-state index contributed by atoms with van der Waals surface area (Å²) in [6.45, 7) is 1.73. The first-order chi connectivity index (χ1) is 6.49. The van der Waals surface area contributed by atoms with E-state index in [0.717, 1.165) is 0 Å². The van der Waals surface area contributed by atoms with Gasteiger partial charge in [-0.15, -0.1) is 0 Å². The van der Waals surface area contributed by atoms with Gasteiger partial charge in [-0.25, -0.2) is 4.79 Å². The van der Waals surface area contributed by atoms with Crippen LogP contribution in [0.4, 0.5) is 5.69 Å². The third-order valence-electron chi connectivity index (χ3n) is 1.91. The zero-order valence-electron chi connectivity index (χ0n) is 7.73. The van der Waals surface area contributed by atoms with E-state index in [1.54, 1.807) is 6.92 Å². The van der Waals surface area contributed by atoms with Crippen LogP contribution in [0, 0.1) is 6.92 Å². The third kappa shape index (κ3) is 1.79. The van der Waals surface area contributed by atoms with Crippen molar-refractivity contribution in [2.24, 2.45) is 0 Å². The molecule has 0 aliphatic heterocycles. The Hall–Kier alpha value is -0.930. The molecule has 1 aromatic rings. The molecule has 0 heterocycles. The second kappa shape index (κ2) is 4.07. The second-order valence-corrected chi connectivity index (χ2v) is 3.54. The van der Waals surface area contributed by atoms with Gasteiger partial charge in [-0.3, -0.25) is 0 Å². The fourth-order valence-corrected chi connectivity index (χ4v) is 1.48. The van der Waals surface area contributed by atoms with Gasteiger partial charge < -0.3 is 10.5 Å². The maximum absolute atomic E-state index is 11.2. The molecular weight excluding hydrogens is 225 g/mol. The first kappa shape index (κ1) is 11.1. The molecule has 0 aliphatic carbocycles. The van der Waals surface area contributed by atoms with Gasteiger partial charge in [0.05, 0.1) is 23.4 Å². The molecule has 0 bridgehead atoms. The van der Waals surface area contributed by atoms with Gasteiger partial charge in [-0.2, -0.15) is 0 Å². The molecule has 0 saturated carbocycles. The maximum atomic E-state index is 11.2. The van der Waals surface area contributed by atoms with Gasteiger partial charge in [0.25, 0.3) is 0 Å². The maximum Gasteiger partial charge on any atom is 0.339 e. The number of hydrogen-bond donors (Lipinski definition) is 1. The lowest BCUT2D eigenvalue weighted by atomic mass is 10.1. The number of rotatable bonds is 1. The van der Waals surface area contributed by atoms with Gasteiger partial charge in [0.15, 0.2) is 0 Å². The van der Waals surface area contributed by atoms with Gasteiger partial charge in [-0.1, -0.05) is 23.2 Å². The molecule has 1 aromatic carbocycles. The van der Waals surface area contributed by atoms with E-state index in [4.69, 9.17) is 28.9 Å². The summed E-state index contributed by atoms with van der Waals surface area (Å²) in [6.07, 6.45) is 0. The van der Waals surface area contributed by atoms with Crippen molar-refractivity contribution in [2.75, 3.05) is 12.8 Å². The summed E-state index contributed by atoms with van der Waals surface area (Å²) >= 11 is 11.7. The van der Waals surface area contributed by atoms with Crippen molar-refractivity contribution in [3.8, 4) is 0 Å². The molecule has 0 unspecified atom stereocenters. The summed E-state index contributed by atoms with van der Waals surface area (Å²) in [5.74, 6) is -0.552. The fraction of sp³-hybridized carbons (Fsp3) is 0.222. The van der Waals surface area contributed by atoms with E-state index in [0.29, 0.717) is 16.3 Å². The number of methoxy groups -OCH3 is 1. The summed E-state index contributed by atoms with van der Waals surface area (Å²) in [4.78, 5) is 11.2. The van der Waals surface area contributed by atoms with E-state index in [-0.39, 0.29) is 10.6 Å². The van der Waals surface area contributed by atoms with Crippen LogP contribution in [0.5, 0.6) is 0 Å². The molecule has 0 fully saturated rings. The van der Waals surface area contributed by atoms with Gasteiger partial charge in [0, 0.05) is 5.02 Å². The van der Waals surface area contributed by atoms with Crippen molar-refractivity contribution in [3.05, 3.63) is 27.2 Å². The molecule has 0 radical (unpaired) electrons. The number of hydrogen-bond acceptors (Lipinski definition) is 3. The normalized spacial score (nSPS) is 10.0. The van der Waals surface area contributed by atoms with Crippen LogP contribution >= 0.6 is 23.2 Å². The molecule has 0 aliphatic rings. The van der Waals surface area contributed by atoms with Crippen molar-refractivity contribution >= 4 is 34.9 Å². The number of halogens is 2. The monoisotopic (exact) mass is 233 g/mol. The van der Waals surface area contributed by atoms with Gasteiger partial charge in [-0.05, 0) is 18.6 Å². The molecule has 1 rings (SSSR count). The minimum absolute atomic E-state index is 0.179. The Balaban J connectivity index is 3.40. The van der Waals surface area contributed by atoms with Crippen molar-refractivity contribution < 1.29 is 9.53 Å². The quantitative estimate of drug-likeness (QED) is 0.600. The Kier molecular flexibility index (Phi) is 3.24. The highest BCUT2D eigenvalue weighted by Crippen LogP contribution is 2.32. The van der Waals surface area contributed by atoms with Crippen LogP contribution in [0.1, 0.15) is 15.9 Å². The number of esters is 1. The van der Waals surface area contributed by atoms with E-state index in [1.807, 2.05) is 0 Å². The van der Waals surface area contributed by atoms with Crippen molar-refractivity contribution in [3.63, 3.8) is 0 Å². The summed E-state index contributed by atoms with van der Waals surface area (Å²) in [5.41, 5.74) is 6.80. The highest BCUT2D eigenvalue weighted by Gasteiger charge is 2.16. The fourth-order valence-electron chi connectivity index (χ4n) is 0.995. The number of anilines is 1. The SMILES string of the molecule is COC(=O)c1cc(Cl)c(C)c(N)c1Cl. The molecule has 0 saturated heterocycles. The third-order valence-corrected chi connectivity index (χ3v) is 2.71. The Bertz CT molecular complexity index is 391. The van der Waals surface area contributed by atoms with Crippen molar-refractivity contribution in [2.45, 2.75) is 6.92 Å². The number of benzene rings is 1. The highest BCUT2D eigenvalue weighted by atomic mass is 35.5. The van der Waals surface area contributed by atoms with Crippen LogP contribution in [-0.4, -0.2) is 13.1 Å². The number of carbonyl (C=O) groups is 1. The molecular formula is C9H9Cl2NO2. The summed E-state index contributed by atoms with van der Waals surface area (Å²) < 4.78 is 4.53. The van der Waals surface area contributed by atoms with Gasteiger partial charge >= 0.3 is 5.97 Å². The number of carbonyl (C=O) groups excluding carboxylic acids is 1. The first-order valence-corrected chi connectivity index (χ1v) is 4.57. The van der Waals surface area contributed by atoms with E-state index < -0.39 is 5.97 Å². The van der Waals surface area contributed by atoms with E-state index in [2.05, 4.69) is 4.74 Å². The average molecular weight is 234 g/mol. The average Bonchev–Trinajstić information content (AvgIpc) is 2.19. The topological polar surface area (TPSA) is 52.3 Å². The predicted molar refractivity (Wildman–Crippen MR) is 57.0 cm³/mol. The van der Waals surface area contributed by atoms with E-state index in [1.165, 1.54) is 13.2 Å². The Morgan fingerprint density at radius 3 is 2.57 bits per heavy atom. The van der Waals surface area contributed by atoms with Crippen LogP contribution in [0.3, 0.4) is 0 Å². The van der Waals surface area contributed by atoms with Crippen LogP contribution in [0.25, 0.3) is 0 Å². The lowest BCUT2D eigenvalue weighted by molar-refractivity contribution is 0.0601. The minimum Gasteiger partial charge on any atom is -0.465 e. The molecule has 3 nitrogen and oxygen atoms in total. The molecule has 0 spiro atoms. The zero-order valence-corrected chi connectivity index (χ0v) is 9.24. The molecule has 5 heteroatoms. The summed E-state index contributed by atoms with van der Waals surface area (Å²) in [7, 11) is 1.27. The Labute approximate surface area is 91.7 Å². The van der Waals surface area contributed by atoms with Gasteiger partial charge in [0.1, 0.15) is 0 Å². The Morgan fingerprint density at radius 1 is 1.50 bits per heavy atom. The number of nitrogens with two attached hydrogens (primary N) is 1. The second-order valence-electron chi connectivity index (χ2n) is 2.75. The smallest absolute Gasteiger partial charge is 0.339 e. The standard InChI is InChI=1S/C9H9Cl2NO2/c1-4-6(10)3-5(9(13)14-2)7(11)8(4)12/h3H,12H2,1-2H3. The van der Waals surface area contributed by atoms with E-state index >= 15 is 0 Å². The lowest BCUT2D eigenvalue weighted by Crippen LogP contribution is -2.05. The molecule has 0 amide bonds. The minimum atomic E-state index is -0.552. The van der Waals surface area contributed by atoms with Crippen molar-refractivity contribution in [1.29, 1.82) is 0 Å². The summed E-state index contributed by atoms with van der Waals surface area (Å²) in [5, 5.41) is 0.575. The van der Waals surface area contributed by atoms with Gasteiger partial charge in [0.2, 0.25) is 0 Å².